The van der Waals surface area contributed by atoms with Crippen molar-refractivity contribution in [3.05, 3.63) is 66.0 Å². The minimum absolute atomic E-state index is 0.523. The highest BCUT2D eigenvalue weighted by atomic mass is 16.5. The summed E-state index contributed by atoms with van der Waals surface area (Å²) in [7, 11) is 0. The Morgan fingerprint density at radius 1 is 0.909 bits per heavy atom. The summed E-state index contributed by atoms with van der Waals surface area (Å²) < 4.78 is 5.88. The fraction of sp³-hybridized carbons (Fsp3) is 0.263. The van der Waals surface area contributed by atoms with Crippen molar-refractivity contribution >= 4 is 10.9 Å². The van der Waals surface area contributed by atoms with Gasteiger partial charge in [0.15, 0.2) is 0 Å². The lowest BCUT2D eigenvalue weighted by Crippen LogP contribution is -1.99. The molecule has 0 aliphatic carbocycles. The molecular weight excluding hydrogens is 272 g/mol. The molecule has 0 fully saturated rings. The van der Waals surface area contributed by atoms with E-state index in [-0.39, 0.29) is 0 Å². The van der Waals surface area contributed by atoms with Gasteiger partial charge in [0.25, 0.3) is 0 Å². The van der Waals surface area contributed by atoms with Gasteiger partial charge in [-0.2, -0.15) is 0 Å². The van der Waals surface area contributed by atoms with Crippen molar-refractivity contribution in [1.82, 2.24) is 9.97 Å². The number of hydrogen-bond acceptors (Lipinski definition) is 3. The van der Waals surface area contributed by atoms with Crippen LogP contribution in [0.2, 0.25) is 0 Å². The summed E-state index contributed by atoms with van der Waals surface area (Å²) in [6.07, 6.45) is 5.16. The molecule has 0 unspecified atom stereocenters. The second-order valence-corrected chi connectivity index (χ2v) is 5.40. The van der Waals surface area contributed by atoms with Crippen molar-refractivity contribution in [3.8, 4) is 5.88 Å². The van der Waals surface area contributed by atoms with E-state index in [1.165, 1.54) is 18.4 Å². The van der Waals surface area contributed by atoms with Crippen molar-refractivity contribution in [2.45, 2.75) is 32.8 Å². The molecule has 0 spiro atoms. The van der Waals surface area contributed by atoms with E-state index in [4.69, 9.17) is 4.74 Å². The number of ether oxygens (including phenoxy) is 1. The predicted molar refractivity (Wildman–Crippen MR) is 88.9 cm³/mol. The molecule has 1 heterocycles. The fourth-order valence-corrected chi connectivity index (χ4v) is 2.43. The molecule has 22 heavy (non-hydrogen) atoms. The molecular formula is C19H20N2O. The Balaban J connectivity index is 1.69. The van der Waals surface area contributed by atoms with Gasteiger partial charge in [-0.25, -0.2) is 9.97 Å². The molecule has 2 aromatic carbocycles. The topological polar surface area (TPSA) is 35.0 Å². The van der Waals surface area contributed by atoms with Crippen LogP contribution in [0, 0.1) is 0 Å². The van der Waals surface area contributed by atoms with Crippen LogP contribution in [0.1, 0.15) is 30.9 Å². The van der Waals surface area contributed by atoms with Crippen LogP contribution in [-0.4, -0.2) is 9.97 Å². The molecule has 3 heteroatoms. The Hall–Kier alpha value is -2.42. The van der Waals surface area contributed by atoms with E-state index in [1.54, 1.807) is 6.33 Å². The van der Waals surface area contributed by atoms with Crippen molar-refractivity contribution in [2.75, 3.05) is 0 Å². The summed E-state index contributed by atoms with van der Waals surface area (Å²) >= 11 is 0. The first-order valence-electron chi connectivity index (χ1n) is 7.77. The second kappa shape index (κ2) is 7.03. The summed E-state index contributed by atoms with van der Waals surface area (Å²) in [6, 6.07) is 16.5. The first-order valence-corrected chi connectivity index (χ1v) is 7.77. The third-order valence-electron chi connectivity index (χ3n) is 3.72. The van der Waals surface area contributed by atoms with Gasteiger partial charge in [-0.1, -0.05) is 49.7 Å². The quantitative estimate of drug-likeness (QED) is 0.668. The molecule has 0 bridgehead atoms. The van der Waals surface area contributed by atoms with Crippen LogP contribution in [0.5, 0.6) is 5.88 Å². The predicted octanol–water partition coefficient (Wildman–Crippen LogP) is 4.55. The maximum absolute atomic E-state index is 5.88. The zero-order valence-corrected chi connectivity index (χ0v) is 12.8. The smallest absolute Gasteiger partial charge is 0.224 e. The van der Waals surface area contributed by atoms with Gasteiger partial charge < -0.3 is 4.74 Å². The number of benzene rings is 2. The van der Waals surface area contributed by atoms with Crippen molar-refractivity contribution < 1.29 is 4.74 Å². The molecule has 3 aromatic rings. The average Bonchev–Trinajstić information content (AvgIpc) is 2.59. The van der Waals surface area contributed by atoms with Crippen molar-refractivity contribution in [3.63, 3.8) is 0 Å². The minimum Gasteiger partial charge on any atom is -0.472 e. The highest BCUT2D eigenvalue weighted by molar-refractivity contribution is 5.82. The largest absolute Gasteiger partial charge is 0.472 e. The molecule has 1 aromatic heterocycles. The third-order valence-corrected chi connectivity index (χ3v) is 3.72. The summed E-state index contributed by atoms with van der Waals surface area (Å²) in [6.45, 7) is 2.74. The van der Waals surface area contributed by atoms with E-state index in [1.807, 2.05) is 24.3 Å². The third kappa shape index (κ3) is 3.42. The zero-order chi connectivity index (χ0) is 15.2. The monoisotopic (exact) mass is 292 g/mol. The SMILES string of the molecule is CCCCc1ccc(COc2ncnc3ccccc23)cc1. The number of unbranched alkanes of at least 4 members (excludes halogenated alkanes) is 1. The number of para-hydroxylation sites is 1. The molecule has 0 atom stereocenters. The molecule has 112 valence electrons. The molecule has 0 N–H and O–H groups in total. The summed E-state index contributed by atoms with van der Waals surface area (Å²) in [5.74, 6) is 0.639. The Labute approximate surface area is 131 Å². The lowest BCUT2D eigenvalue weighted by molar-refractivity contribution is 0.297. The zero-order valence-electron chi connectivity index (χ0n) is 12.8. The van der Waals surface area contributed by atoms with Gasteiger partial charge in [-0.15, -0.1) is 0 Å². The number of aryl methyl sites for hydroxylation is 1. The van der Waals surface area contributed by atoms with E-state index >= 15 is 0 Å². The number of fused-ring (bicyclic) bond motifs is 1. The summed E-state index contributed by atoms with van der Waals surface area (Å²) in [5.41, 5.74) is 3.45. The Morgan fingerprint density at radius 2 is 1.68 bits per heavy atom. The minimum atomic E-state index is 0.523. The highest BCUT2D eigenvalue weighted by Crippen LogP contribution is 2.21. The Kier molecular flexibility index (Phi) is 4.64. The molecule has 0 saturated heterocycles. The maximum atomic E-state index is 5.88. The van der Waals surface area contributed by atoms with Crippen LogP contribution < -0.4 is 4.74 Å². The fourth-order valence-electron chi connectivity index (χ4n) is 2.43. The average molecular weight is 292 g/mol. The van der Waals surface area contributed by atoms with Crippen LogP contribution in [0.4, 0.5) is 0 Å². The van der Waals surface area contributed by atoms with Crippen LogP contribution in [0.3, 0.4) is 0 Å². The van der Waals surface area contributed by atoms with Crippen molar-refractivity contribution in [1.29, 1.82) is 0 Å². The van der Waals surface area contributed by atoms with Gasteiger partial charge in [0.1, 0.15) is 12.9 Å². The molecule has 3 nitrogen and oxygen atoms in total. The first-order chi connectivity index (χ1) is 10.9. The van der Waals surface area contributed by atoms with Gasteiger partial charge in [-0.3, -0.25) is 0 Å². The summed E-state index contributed by atoms with van der Waals surface area (Å²) in [5, 5.41) is 0.949. The van der Waals surface area contributed by atoms with Gasteiger partial charge in [0.05, 0.1) is 10.9 Å². The standard InChI is InChI=1S/C19H20N2O/c1-2-3-6-15-9-11-16(12-10-15)13-22-19-17-7-4-5-8-18(17)20-14-21-19/h4-5,7-12,14H,2-3,6,13H2,1H3. The molecule has 0 saturated carbocycles. The molecule has 0 amide bonds. The van der Waals surface area contributed by atoms with E-state index < -0.39 is 0 Å². The van der Waals surface area contributed by atoms with E-state index in [0.29, 0.717) is 12.5 Å². The lowest BCUT2D eigenvalue weighted by atomic mass is 10.1. The molecule has 0 radical (unpaired) electrons. The van der Waals surface area contributed by atoms with E-state index in [2.05, 4.69) is 41.2 Å². The maximum Gasteiger partial charge on any atom is 0.224 e. The Bertz CT molecular complexity index is 733. The number of aromatic nitrogens is 2. The lowest BCUT2D eigenvalue weighted by Gasteiger charge is -2.08. The van der Waals surface area contributed by atoms with Crippen molar-refractivity contribution in [2.24, 2.45) is 0 Å². The number of nitrogens with zero attached hydrogens (tertiary/aromatic N) is 2. The summed E-state index contributed by atoms with van der Waals surface area (Å²) in [4.78, 5) is 8.49. The Morgan fingerprint density at radius 3 is 2.50 bits per heavy atom. The van der Waals surface area contributed by atoms with Crippen LogP contribution in [0.25, 0.3) is 10.9 Å². The molecule has 3 rings (SSSR count). The van der Waals surface area contributed by atoms with Crippen LogP contribution in [0.15, 0.2) is 54.9 Å². The van der Waals surface area contributed by atoms with Gasteiger partial charge in [0.2, 0.25) is 5.88 Å². The van der Waals surface area contributed by atoms with Gasteiger partial charge in [-0.05, 0) is 36.1 Å². The normalized spacial score (nSPS) is 10.8. The molecule has 0 aliphatic heterocycles. The molecule has 0 aliphatic rings. The van der Waals surface area contributed by atoms with Crippen LogP contribution in [-0.2, 0) is 13.0 Å². The number of hydrogen-bond donors (Lipinski definition) is 0. The van der Waals surface area contributed by atoms with Crippen LogP contribution >= 0.6 is 0 Å². The van der Waals surface area contributed by atoms with E-state index in [0.717, 1.165) is 22.9 Å². The van der Waals surface area contributed by atoms with E-state index in [9.17, 15) is 0 Å². The highest BCUT2D eigenvalue weighted by Gasteiger charge is 2.04. The number of rotatable bonds is 6. The second-order valence-electron chi connectivity index (χ2n) is 5.40. The first kappa shape index (κ1) is 14.5. The van der Waals surface area contributed by atoms with Gasteiger partial charge >= 0.3 is 0 Å². The van der Waals surface area contributed by atoms with Gasteiger partial charge in [0, 0.05) is 0 Å².